The molecule has 1 aliphatic carbocycles. The van der Waals surface area contributed by atoms with Crippen LogP contribution in [0.5, 0.6) is 0 Å². The summed E-state index contributed by atoms with van der Waals surface area (Å²) in [5, 5.41) is 2.99. The van der Waals surface area contributed by atoms with Gasteiger partial charge in [0, 0.05) is 12.2 Å². The Morgan fingerprint density at radius 1 is 1.30 bits per heavy atom. The van der Waals surface area contributed by atoms with Crippen LogP contribution in [0.15, 0.2) is 24.3 Å². The molecule has 0 atom stereocenters. The van der Waals surface area contributed by atoms with Crippen LogP contribution in [0.3, 0.4) is 0 Å². The molecule has 1 saturated carbocycles. The summed E-state index contributed by atoms with van der Waals surface area (Å²) >= 11 is 0. The van der Waals surface area contributed by atoms with Crippen LogP contribution in [0.1, 0.15) is 45.1 Å². The van der Waals surface area contributed by atoms with Gasteiger partial charge in [-0.1, -0.05) is 32.9 Å². The number of benzene rings is 1. The van der Waals surface area contributed by atoms with E-state index in [1.165, 1.54) is 18.4 Å². The van der Waals surface area contributed by atoms with Gasteiger partial charge in [0.2, 0.25) is 5.91 Å². The zero-order valence-corrected chi connectivity index (χ0v) is 12.9. The maximum atomic E-state index is 12.0. The maximum absolute atomic E-state index is 12.0. The minimum atomic E-state index is 0.0878. The molecule has 0 unspecified atom stereocenters. The van der Waals surface area contributed by atoms with Crippen LogP contribution in [-0.2, 0) is 4.79 Å². The molecule has 1 aliphatic rings. The van der Waals surface area contributed by atoms with E-state index in [-0.39, 0.29) is 5.91 Å². The molecule has 3 nitrogen and oxygen atoms in total. The topological polar surface area (TPSA) is 32.3 Å². The zero-order valence-electron chi connectivity index (χ0n) is 12.9. The Morgan fingerprint density at radius 2 is 1.95 bits per heavy atom. The van der Waals surface area contributed by atoms with Crippen molar-refractivity contribution in [3.05, 3.63) is 29.8 Å². The van der Waals surface area contributed by atoms with E-state index in [9.17, 15) is 4.79 Å². The molecular weight excluding hydrogens is 248 g/mol. The maximum Gasteiger partial charge on any atom is 0.238 e. The standard InChI is InChI=1S/C17H26N2O/c1-4-19(11-14-5-6-14)12-17(20)18-16-9-7-15(8-10-16)13(2)3/h7-10,13-14H,4-6,11-12H2,1-3H3,(H,18,20). The number of carbonyl (C=O) groups excluding carboxylic acids is 1. The number of likely N-dealkylation sites (N-methyl/N-ethyl adjacent to an activating group) is 1. The highest BCUT2D eigenvalue weighted by molar-refractivity contribution is 5.92. The third kappa shape index (κ3) is 4.64. The molecule has 2 rings (SSSR count). The lowest BCUT2D eigenvalue weighted by atomic mass is 10.0. The molecule has 1 amide bonds. The predicted molar refractivity (Wildman–Crippen MR) is 84.0 cm³/mol. The molecule has 1 N–H and O–H groups in total. The fourth-order valence-corrected chi connectivity index (χ4v) is 2.33. The lowest BCUT2D eigenvalue weighted by molar-refractivity contribution is -0.117. The fourth-order valence-electron chi connectivity index (χ4n) is 2.33. The number of rotatable bonds is 7. The molecule has 20 heavy (non-hydrogen) atoms. The van der Waals surface area contributed by atoms with Crippen molar-refractivity contribution in [3.63, 3.8) is 0 Å². The average Bonchev–Trinajstić information content (AvgIpc) is 3.22. The summed E-state index contributed by atoms with van der Waals surface area (Å²) in [5.74, 6) is 1.44. The highest BCUT2D eigenvalue weighted by Gasteiger charge is 2.24. The molecule has 0 bridgehead atoms. The number of hydrogen-bond donors (Lipinski definition) is 1. The van der Waals surface area contributed by atoms with Crippen molar-refractivity contribution >= 4 is 11.6 Å². The lowest BCUT2D eigenvalue weighted by Gasteiger charge is -2.19. The van der Waals surface area contributed by atoms with Crippen LogP contribution >= 0.6 is 0 Å². The summed E-state index contributed by atoms with van der Waals surface area (Å²) in [5.41, 5.74) is 2.19. The van der Waals surface area contributed by atoms with Gasteiger partial charge in [0.25, 0.3) is 0 Å². The SMILES string of the molecule is CCN(CC(=O)Nc1ccc(C(C)C)cc1)CC1CC1. The van der Waals surface area contributed by atoms with E-state index in [1.807, 2.05) is 12.1 Å². The monoisotopic (exact) mass is 274 g/mol. The highest BCUT2D eigenvalue weighted by Crippen LogP contribution is 2.29. The second-order valence-corrected chi connectivity index (χ2v) is 6.10. The Balaban J connectivity index is 1.83. The van der Waals surface area contributed by atoms with Crippen molar-refractivity contribution in [2.45, 2.75) is 39.5 Å². The summed E-state index contributed by atoms with van der Waals surface area (Å²) < 4.78 is 0. The van der Waals surface area contributed by atoms with Gasteiger partial charge in [-0.3, -0.25) is 9.69 Å². The van der Waals surface area contributed by atoms with Gasteiger partial charge in [-0.2, -0.15) is 0 Å². The Kier molecular flexibility index (Phi) is 5.18. The second-order valence-electron chi connectivity index (χ2n) is 6.10. The van der Waals surface area contributed by atoms with Gasteiger partial charge >= 0.3 is 0 Å². The van der Waals surface area contributed by atoms with E-state index in [0.29, 0.717) is 12.5 Å². The quantitative estimate of drug-likeness (QED) is 0.825. The molecule has 0 spiro atoms. The minimum absolute atomic E-state index is 0.0878. The first-order valence-electron chi connectivity index (χ1n) is 7.70. The fraction of sp³-hybridized carbons (Fsp3) is 0.588. The van der Waals surface area contributed by atoms with Gasteiger partial charge in [0.1, 0.15) is 0 Å². The molecule has 1 aromatic rings. The molecule has 0 heterocycles. The molecule has 0 aromatic heterocycles. The summed E-state index contributed by atoms with van der Waals surface area (Å²) in [4.78, 5) is 14.3. The van der Waals surface area contributed by atoms with Crippen LogP contribution in [0, 0.1) is 5.92 Å². The molecule has 1 aromatic carbocycles. The van der Waals surface area contributed by atoms with Crippen LogP contribution in [0.2, 0.25) is 0 Å². The normalized spacial score (nSPS) is 14.8. The Labute approximate surface area is 122 Å². The third-order valence-corrected chi connectivity index (χ3v) is 3.89. The van der Waals surface area contributed by atoms with Crippen molar-refractivity contribution in [1.29, 1.82) is 0 Å². The molecular formula is C17H26N2O. The van der Waals surface area contributed by atoms with Crippen molar-refractivity contribution in [2.75, 3.05) is 25.0 Å². The Hall–Kier alpha value is -1.35. The highest BCUT2D eigenvalue weighted by atomic mass is 16.2. The first-order valence-corrected chi connectivity index (χ1v) is 7.70. The number of amides is 1. The molecule has 110 valence electrons. The van der Waals surface area contributed by atoms with E-state index in [2.05, 4.69) is 43.1 Å². The van der Waals surface area contributed by atoms with E-state index in [4.69, 9.17) is 0 Å². The first-order chi connectivity index (χ1) is 9.58. The van der Waals surface area contributed by atoms with Gasteiger partial charge in [0.15, 0.2) is 0 Å². The average molecular weight is 274 g/mol. The number of nitrogens with zero attached hydrogens (tertiary/aromatic N) is 1. The summed E-state index contributed by atoms with van der Waals surface area (Å²) in [7, 11) is 0. The van der Waals surface area contributed by atoms with Crippen molar-refractivity contribution in [3.8, 4) is 0 Å². The van der Waals surface area contributed by atoms with Gasteiger partial charge in [-0.05, 0) is 48.9 Å². The van der Waals surface area contributed by atoms with Crippen LogP contribution in [0.4, 0.5) is 5.69 Å². The zero-order chi connectivity index (χ0) is 14.5. The third-order valence-electron chi connectivity index (χ3n) is 3.89. The predicted octanol–water partition coefficient (Wildman–Crippen LogP) is 3.48. The van der Waals surface area contributed by atoms with Crippen molar-refractivity contribution < 1.29 is 4.79 Å². The van der Waals surface area contributed by atoms with E-state index >= 15 is 0 Å². The number of anilines is 1. The number of nitrogens with one attached hydrogen (secondary N) is 1. The van der Waals surface area contributed by atoms with E-state index in [0.717, 1.165) is 24.7 Å². The molecule has 0 saturated heterocycles. The Bertz CT molecular complexity index is 435. The van der Waals surface area contributed by atoms with Crippen LogP contribution in [-0.4, -0.2) is 30.4 Å². The summed E-state index contributed by atoms with van der Waals surface area (Å²) in [6.45, 7) is 8.97. The minimum Gasteiger partial charge on any atom is -0.325 e. The van der Waals surface area contributed by atoms with E-state index < -0.39 is 0 Å². The molecule has 3 heteroatoms. The van der Waals surface area contributed by atoms with Gasteiger partial charge < -0.3 is 5.32 Å². The van der Waals surface area contributed by atoms with Crippen LogP contribution < -0.4 is 5.32 Å². The lowest BCUT2D eigenvalue weighted by Crippen LogP contribution is -2.34. The first kappa shape index (κ1) is 15.0. The largest absolute Gasteiger partial charge is 0.325 e. The second kappa shape index (κ2) is 6.89. The van der Waals surface area contributed by atoms with Gasteiger partial charge in [-0.15, -0.1) is 0 Å². The molecule has 0 radical (unpaired) electrons. The van der Waals surface area contributed by atoms with Crippen molar-refractivity contribution in [1.82, 2.24) is 4.90 Å². The number of hydrogen-bond acceptors (Lipinski definition) is 2. The molecule has 1 fully saturated rings. The Morgan fingerprint density at radius 3 is 2.45 bits per heavy atom. The van der Waals surface area contributed by atoms with Crippen LogP contribution in [0.25, 0.3) is 0 Å². The van der Waals surface area contributed by atoms with E-state index in [1.54, 1.807) is 0 Å². The van der Waals surface area contributed by atoms with Gasteiger partial charge in [-0.25, -0.2) is 0 Å². The smallest absolute Gasteiger partial charge is 0.238 e. The number of carbonyl (C=O) groups is 1. The summed E-state index contributed by atoms with van der Waals surface area (Å²) in [6, 6.07) is 8.15. The van der Waals surface area contributed by atoms with Crippen molar-refractivity contribution in [2.24, 2.45) is 5.92 Å². The summed E-state index contributed by atoms with van der Waals surface area (Å²) in [6.07, 6.45) is 2.66. The van der Waals surface area contributed by atoms with Gasteiger partial charge in [0.05, 0.1) is 6.54 Å². The molecule has 0 aliphatic heterocycles.